The van der Waals surface area contributed by atoms with Gasteiger partial charge in [0.25, 0.3) is 0 Å². The molecule has 0 spiro atoms. The Labute approximate surface area is 158 Å². The number of anilines is 2. The fourth-order valence-electron chi connectivity index (χ4n) is 3.14. The number of hydrogen-bond acceptors (Lipinski definition) is 3. The second kappa shape index (κ2) is 8.03. The van der Waals surface area contributed by atoms with Gasteiger partial charge in [0, 0.05) is 19.4 Å². The Morgan fingerprint density at radius 3 is 2.67 bits per heavy atom. The summed E-state index contributed by atoms with van der Waals surface area (Å²) in [5, 5.41) is 5.60. The zero-order valence-electron chi connectivity index (χ0n) is 15.5. The predicted octanol–water partition coefficient (Wildman–Crippen LogP) is 2.69. The van der Waals surface area contributed by atoms with Gasteiger partial charge in [0.15, 0.2) is 0 Å². The summed E-state index contributed by atoms with van der Waals surface area (Å²) < 4.78 is 0. The molecule has 0 saturated heterocycles. The zero-order chi connectivity index (χ0) is 19.4. The van der Waals surface area contributed by atoms with Gasteiger partial charge in [0.05, 0.1) is 11.4 Å². The molecule has 1 aliphatic heterocycles. The van der Waals surface area contributed by atoms with Crippen molar-refractivity contribution in [1.82, 2.24) is 5.32 Å². The monoisotopic (exact) mass is 365 g/mol. The Hall–Kier alpha value is -3.15. The molecule has 3 amide bonds. The molecule has 0 radical (unpaired) electrons. The maximum Gasteiger partial charge on any atom is 0.244 e. The number of fused-ring (bicyclic) bond motifs is 1. The maximum atomic E-state index is 12.5. The lowest BCUT2D eigenvalue weighted by atomic mass is 10.1. The van der Waals surface area contributed by atoms with Crippen LogP contribution in [0.3, 0.4) is 0 Å². The highest BCUT2D eigenvalue weighted by molar-refractivity contribution is 6.10. The van der Waals surface area contributed by atoms with Gasteiger partial charge in [0.2, 0.25) is 17.7 Å². The molecule has 0 unspecified atom stereocenters. The molecule has 0 fully saturated rings. The van der Waals surface area contributed by atoms with Gasteiger partial charge < -0.3 is 15.5 Å². The number of hydrogen-bond donors (Lipinski definition) is 2. The van der Waals surface area contributed by atoms with Crippen LogP contribution in [0.15, 0.2) is 42.5 Å². The van der Waals surface area contributed by atoms with Crippen molar-refractivity contribution >= 4 is 29.1 Å². The fourth-order valence-corrected chi connectivity index (χ4v) is 3.14. The standard InChI is InChI=1S/C21H23N3O3/c1-14-7-8-16(15(2)11-14)12-22-19(25)9-10-21(27)24-13-20(26)23-17-5-3-4-6-18(17)24/h3-8,11H,9-10,12-13H2,1-2H3,(H,22,25)(H,23,26). The first-order valence-corrected chi connectivity index (χ1v) is 8.96. The lowest BCUT2D eigenvalue weighted by Crippen LogP contribution is -2.42. The van der Waals surface area contributed by atoms with E-state index >= 15 is 0 Å². The van der Waals surface area contributed by atoms with E-state index < -0.39 is 0 Å². The number of nitrogens with zero attached hydrogens (tertiary/aromatic N) is 1. The largest absolute Gasteiger partial charge is 0.352 e. The number of benzene rings is 2. The van der Waals surface area contributed by atoms with Gasteiger partial charge in [-0.05, 0) is 37.1 Å². The first-order chi connectivity index (χ1) is 12.9. The van der Waals surface area contributed by atoms with Crippen LogP contribution in [-0.2, 0) is 20.9 Å². The highest BCUT2D eigenvalue weighted by atomic mass is 16.2. The number of amides is 3. The molecule has 3 rings (SSSR count). The molecule has 140 valence electrons. The van der Waals surface area contributed by atoms with Crippen molar-refractivity contribution in [2.75, 3.05) is 16.8 Å². The fraction of sp³-hybridized carbons (Fsp3) is 0.286. The van der Waals surface area contributed by atoms with Crippen LogP contribution < -0.4 is 15.5 Å². The minimum Gasteiger partial charge on any atom is -0.352 e. The van der Waals surface area contributed by atoms with Crippen LogP contribution in [0.25, 0.3) is 0 Å². The van der Waals surface area contributed by atoms with E-state index in [2.05, 4.69) is 16.7 Å². The average molecular weight is 365 g/mol. The van der Waals surface area contributed by atoms with Gasteiger partial charge in [-0.1, -0.05) is 35.9 Å². The Morgan fingerprint density at radius 2 is 1.89 bits per heavy atom. The van der Waals surface area contributed by atoms with Crippen molar-refractivity contribution in [3.8, 4) is 0 Å². The molecule has 2 aromatic rings. The number of carbonyl (C=O) groups is 3. The van der Waals surface area contributed by atoms with E-state index in [9.17, 15) is 14.4 Å². The van der Waals surface area contributed by atoms with E-state index in [-0.39, 0.29) is 37.1 Å². The first kappa shape index (κ1) is 18.6. The van der Waals surface area contributed by atoms with Crippen LogP contribution in [-0.4, -0.2) is 24.3 Å². The predicted molar refractivity (Wildman–Crippen MR) is 104 cm³/mol. The Balaban J connectivity index is 1.54. The molecular weight excluding hydrogens is 342 g/mol. The third-order valence-electron chi connectivity index (χ3n) is 4.61. The Bertz CT molecular complexity index is 892. The van der Waals surface area contributed by atoms with Crippen molar-refractivity contribution in [2.45, 2.75) is 33.2 Å². The Kier molecular flexibility index (Phi) is 5.54. The molecule has 27 heavy (non-hydrogen) atoms. The molecule has 0 atom stereocenters. The lowest BCUT2D eigenvalue weighted by molar-refractivity contribution is -0.125. The maximum absolute atomic E-state index is 12.5. The zero-order valence-corrected chi connectivity index (χ0v) is 15.5. The molecule has 0 aromatic heterocycles. The van der Waals surface area contributed by atoms with Crippen LogP contribution >= 0.6 is 0 Å². The van der Waals surface area contributed by atoms with Crippen LogP contribution in [0.5, 0.6) is 0 Å². The highest BCUT2D eigenvalue weighted by Gasteiger charge is 2.26. The molecule has 6 heteroatoms. The molecule has 1 aliphatic rings. The van der Waals surface area contributed by atoms with E-state index in [4.69, 9.17) is 0 Å². The number of nitrogens with one attached hydrogen (secondary N) is 2. The summed E-state index contributed by atoms with van der Waals surface area (Å²) in [6, 6.07) is 13.2. The summed E-state index contributed by atoms with van der Waals surface area (Å²) in [4.78, 5) is 37.9. The van der Waals surface area contributed by atoms with E-state index in [0.29, 0.717) is 17.9 Å². The Morgan fingerprint density at radius 1 is 1.11 bits per heavy atom. The van der Waals surface area contributed by atoms with E-state index in [0.717, 1.165) is 11.1 Å². The number of rotatable bonds is 5. The van der Waals surface area contributed by atoms with Gasteiger partial charge in [-0.3, -0.25) is 14.4 Å². The van der Waals surface area contributed by atoms with Gasteiger partial charge in [-0.15, -0.1) is 0 Å². The topological polar surface area (TPSA) is 78.5 Å². The molecule has 0 bridgehead atoms. The third-order valence-corrected chi connectivity index (χ3v) is 4.61. The van der Waals surface area contributed by atoms with Crippen LogP contribution in [0.2, 0.25) is 0 Å². The molecule has 6 nitrogen and oxygen atoms in total. The van der Waals surface area contributed by atoms with E-state index in [1.807, 2.05) is 32.0 Å². The average Bonchev–Trinajstić information content (AvgIpc) is 2.64. The summed E-state index contributed by atoms with van der Waals surface area (Å²) in [6.45, 7) is 4.45. The van der Waals surface area contributed by atoms with Crippen molar-refractivity contribution < 1.29 is 14.4 Å². The first-order valence-electron chi connectivity index (χ1n) is 8.96. The SMILES string of the molecule is Cc1ccc(CNC(=O)CCC(=O)N2CC(=O)Nc3ccccc32)c(C)c1. The molecule has 0 aliphatic carbocycles. The molecule has 2 aromatic carbocycles. The van der Waals surface area contributed by atoms with E-state index in [1.165, 1.54) is 10.5 Å². The molecule has 0 saturated carbocycles. The normalized spacial score (nSPS) is 13.0. The minimum absolute atomic E-state index is 0.0278. The van der Waals surface area contributed by atoms with Gasteiger partial charge >= 0.3 is 0 Å². The number of aryl methyl sites for hydroxylation is 2. The summed E-state index contributed by atoms with van der Waals surface area (Å²) in [5.41, 5.74) is 4.64. The number of para-hydroxylation sites is 2. The van der Waals surface area contributed by atoms with E-state index in [1.54, 1.807) is 18.2 Å². The van der Waals surface area contributed by atoms with Crippen LogP contribution in [0.4, 0.5) is 11.4 Å². The lowest BCUT2D eigenvalue weighted by Gasteiger charge is -2.29. The van der Waals surface area contributed by atoms with Gasteiger partial charge in [-0.2, -0.15) is 0 Å². The van der Waals surface area contributed by atoms with Crippen molar-refractivity contribution in [1.29, 1.82) is 0 Å². The second-order valence-electron chi connectivity index (χ2n) is 6.75. The van der Waals surface area contributed by atoms with Crippen LogP contribution in [0, 0.1) is 13.8 Å². The molecule has 2 N–H and O–H groups in total. The summed E-state index contributed by atoms with van der Waals surface area (Å²) in [6.07, 6.45) is 0.143. The van der Waals surface area contributed by atoms with Gasteiger partial charge in [-0.25, -0.2) is 0 Å². The van der Waals surface area contributed by atoms with Crippen LogP contribution in [0.1, 0.15) is 29.5 Å². The number of carbonyl (C=O) groups excluding carboxylic acids is 3. The summed E-state index contributed by atoms with van der Waals surface area (Å²) in [7, 11) is 0. The smallest absolute Gasteiger partial charge is 0.244 e. The van der Waals surface area contributed by atoms with Gasteiger partial charge in [0.1, 0.15) is 6.54 Å². The molecular formula is C21H23N3O3. The second-order valence-corrected chi connectivity index (χ2v) is 6.75. The van der Waals surface area contributed by atoms with Crippen molar-refractivity contribution in [3.05, 3.63) is 59.2 Å². The van der Waals surface area contributed by atoms with Crippen molar-refractivity contribution in [3.63, 3.8) is 0 Å². The van der Waals surface area contributed by atoms with Crippen molar-refractivity contribution in [2.24, 2.45) is 0 Å². The summed E-state index contributed by atoms with van der Waals surface area (Å²) >= 11 is 0. The molecule has 1 heterocycles. The minimum atomic E-state index is -0.237. The quantitative estimate of drug-likeness (QED) is 0.855. The highest BCUT2D eigenvalue weighted by Crippen LogP contribution is 2.29. The third kappa shape index (κ3) is 4.53. The summed E-state index contributed by atoms with van der Waals surface area (Å²) in [5.74, 6) is -0.654.